The molecule has 0 radical (unpaired) electrons. The summed E-state index contributed by atoms with van der Waals surface area (Å²) in [6, 6.07) is 15.5. The number of methoxy groups -OCH3 is 3. The van der Waals surface area contributed by atoms with Crippen LogP contribution in [0.15, 0.2) is 42.5 Å². The highest BCUT2D eigenvalue weighted by Gasteiger charge is 2.19. The molecule has 28 heavy (non-hydrogen) atoms. The van der Waals surface area contributed by atoms with Gasteiger partial charge in [0.1, 0.15) is 17.5 Å². The van der Waals surface area contributed by atoms with Gasteiger partial charge in [-0.05, 0) is 36.2 Å². The quantitative estimate of drug-likeness (QED) is 0.719. The van der Waals surface area contributed by atoms with E-state index in [9.17, 15) is 5.26 Å². The highest BCUT2D eigenvalue weighted by atomic mass is 16.5. The molecule has 0 bridgehead atoms. The molecule has 0 saturated heterocycles. The number of nitriles is 1. The Labute approximate surface area is 164 Å². The van der Waals surface area contributed by atoms with Crippen molar-refractivity contribution in [3.8, 4) is 45.7 Å². The minimum absolute atomic E-state index is 0.173. The fourth-order valence-corrected chi connectivity index (χ4v) is 3.14. The van der Waals surface area contributed by atoms with Crippen LogP contribution in [-0.2, 0) is 0 Å². The average Bonchev–Trinajstić information content (AvgIpc) is 2.72. The monoisotopic (exact) mass is 375 g/mol. The summed E-state index contributed by atoms with van der Waals surface area (Å²) in [6.07, 6.45) is 0. The van der Waals surface area contributed by atoms with Gasteiger partial charge in [0.25, 0.3) is 0 Å². The van der Waals surface area contributed by atoms with Gasteiger partial charge in [0.2, 0.25) is 5.75 Å². The van der Waals surface area contributed by atoms with E-state index in [0.717, 1.165) is 16.7 Å². The summed E-state index contributed by atoms with van der Waals surface area (Å²) in [5, 5.41) is 9.67. The number of nitrogens with two attached hydrogens (primary N) is 1. The van der Waals surface area contributed by atoms with Crippen molar-refractivity contribution in [2.24, 2.45) is 0 Å². The second-order valence-corrected chi connectivity index (χ2v) is 6.16. The number of aryl methyl sites for hydroxylation is 1. The van der Waals surface area contributed by atoms with Gasteiger partial charge < -0.3 is 19.9 Å². The van der Waals surface area contributed by atoms with Gasteiger partial charge in [0.05, 0.1) is 27.0 Å². The lowest BCUT2D eigenvalue weighted by atomic mass is 9.96. The minimum atomic E-state index is 0.173. The van der Waals surface area contributed by atoms with Gasteiger partial charge >= 0.3 is 0 Å². The number of rotatable bonds is 5. The molecule has 2 aromatic carbocycles. The largest absolute Gasteiger partial charge is 0.493 e. The molecule has 6 nitrogen and oxygen atoms in total. The number of benzene rings is 2. The van der Waals surface area contributed by atoms with Crippen molar-refractivity contribution < 1.29 is 14.2 Å². The second-order valence-electron chi connectivity index (χ2n) is 6.16. The van der Waals surface area contributed by atoms with Crippen molar-refractivity contribution in [3.63, 3.8) is 0 Å². The fourth-order valence-electron chi connectivity index (χ4n) is 3.14. The topological polar surface area (TPSA) is 90.4 Å². The summed E-state index contributed by atoms with van der Waals surface area (Å²) in [4.78, 5) is 4.45. The summed E-state index contributed by atoms with van der Waals surface area (Å²) in [5.74, 6) is 1.64. The first kappa shape index (κ1) is 19.1. The number of ether oxygens (including phenoxy) is 3. The normalized spacial score (nSPS) is 10.2. The lowest BCUT2D eigenvalue weighted by Crippen LogP contribution is -2.01. The molecule has 1 heterocycles. The number of hydrogen-bond donors (Lipinski definition) is 1. The van der Waals surface area contributed by atoms with E-state index < -0.39 is 0 Å². The Kier molecular flexibility index (Phi) is 5.37. The van der Waals surface area contributed by atoms with Crippen LogP contribution >= 0.6 is 0 Å². The van der Waals surface area contributed by atoms with Crippen LogP contribution in [-0.4, -0.2) is 26.3 Å². The Morgan fingerprint density at radius 1 is 0.929 bits per heavy atom. The molecule has 0 aliphatic carbocycles. The number of nitrogens with zero attached hydrogens (tertiary/aromatic N) is 2. The Hall–Kier alpha value is -3.72. The zero-order chi connectivity index (χ0) is 20.3. The van der Waals surface area contributed by atoms with E-state index in [1.807, 2.05) is 37.3 Å². The maximum absolute atomic E-state index is 9.67. The highest BCUT2D eigenvalue weighted by Crippen LogP contribution is 2.43. The van der Waals surface area contributed by atoms with Crippen LogP contribution < -0.4 is 19.9 Å². The molecule has 0 atom stereocenters. The van der Waals surface area contributed by atoms with Crippen molar-refractivity contribution >= 4 is 5.82 Å². The summed E-state index contributed by atoms with van der Waals surface area (Å²) >= 11 is 0. The molecule has 0 fully saturated rings. The lowest BCUT2D eigenvalue weighted by molar-refractivity contribution is 0.324. The predicted octanol–water partition coefficient (Wildman–Crippen LogP) is 4.20. The van der Waals surface area contributed by atoms with Crippen LogP contribution in [0.5, 0.6) is 17.2 Å². The molecule has 0 spiro atoms. The molecular weight excluding hydrogens is 354 g/mol. The molecule has 0 amide bonds. The summed E-state index contributed by atoms with van der Waals surface area (Å²) < 4.78 is 16.3. The van der Waals surface area contributed by atoms with Gasteiger partial charge in [-0.25, -0.2) is 4.98 Å². The van der Waals surface area contributed by atoms with Crippen LogP contribution in [0.25, 0.3) is 22.4 Å². The smallest absolute Gasteiger partial charge is 0.203 e. The third kappa shape index (κ3) is 3.30. The van der Waals surface area contributed by atoms with Crippen molar-refractivity contribution in [1.29, 1.82) is 5.26 Å². The molecular formula is C22H21N3O3. The number of anilines is 1. The van der Waals surface area contributed by atoms with E-state index in [2.05, 4.69) is 11.1 Å². The van der Waals surface area contributed by atoms with Gasteiger partial charge in [-0.2, -0.15) is 5.26 Å². The van der Waals surface area contributed by atoms with E-state index in [0.29, 0.717) is 34.1 Å². The van der Waals surface area contributed by atoms with Crippen LogP contribution in [0.4, 0.5) is 5.82 Å². The molecule has 6 heteroatoms. The van der Waals surface area contributed by atoms with Crippen molar-refractivity contribution in [2.45, 2.75) is 6.92 Å². The minimum Gasteiger partial charge on any atom is -0.493 e. The van der Waals surface area contributed by atoms with Crippen molar-refractivity contribution in [2.75, 3.05) is 27.1 Å². The van der Waals surface area contributed by atoms with E-state index in [-0.39, 0.29) is 5.82 Å². The standard InChI is InChI=1S/C22H21N3O3/c1-13-7-5-6-8-15(13)18-11-16(17(12-23)22(24)25-18)14-9-19(26-2)21(28-4)20(10-14)27-3/h5-11H,1-4H3,(H2,24,25). The zero-order valence-electron chi connectivity index (χ0n) is 16.2. The summed E-state index contributed by atoms with van der Waals surface area (Å²) in [6.45, 7) is 2.00. The number of pyridine rings is 1. The van der Waals surface area contributed by atoms with Crippen LogP contribution in [0.2, 0.25) is 0 Å². The van der Waals surface area contributed by atoms with Crippen molar-refractivity contribution in [3.05, 3.63) is 53.6 Å². The zero-order valence-corrected chi connectivity index (χ0v) is 16.2. The lowest BCUT2D eigenvalue weighted by Gasteiger charge is -2.16. The average molecular weight is 375 g/mol. The van der Waals surface area contributed by atoms with E-state index in [1.54, 1.807) is 33.5 Å². The van der Waals surface area contributed by atoms with Gasteiger partial charge in [0.15, 0.2) is 11.5 Å². The molecule has 3 aromatic rings. The molecule has 0 aliphatic heterocycles. The molecule has 0 unspecified atom stereocenters. The molecule has 1 aromatic heterocycles. The Morgan fingerprint density at radius 2 is 1.57 bits per heavy atom. The summed E-state index contributed by atoms with van der Waals surface area (Å²) in [5.41, 5.74) is 10.5. The first-order valence-corrected chi connectivity index (χ1v) is 8.61. The first-order chi connectivity index (χ1) is 13.5. The molecule has 0 aliphatic rings. The number of nitrogen functional groups attached to an aromatic ring is 1. The predicted molar refractivity (Wildman–Crippen MR) is 109 cm³/mol. The Morgan fingerprint density at radius 3 is 2.11 bits per heavy atom. The Balaban J connectivity index is 2.30. The van der Waals surface area contributed by atoms with Gasteiger partial charge in [0, 0.05) is 11.1 Å². The third-order valence-corrected chi connectivity index (χ3v) is 4.56. The molecule has 3 rings (SSSR count). The van der Waals surface area contributed by atoms with E-state index >= 15 is 0 Å². The van der Waals surface area contributed by atoms with Crippen LogP contribution in [0.3, 0.4) is 0 Å². The second kappa shape index (κ2) is 7.89. The van der Waals surface area contributed by atoms with Gasteiger partial charge in [-0.15, -0.1) is 0 Å². The number of hydrogen-bond acceptors (Lipinski definition) is 6. The van der Waals surface area contributed by atoms with Crippen LogP contribution in [0.1, 0.15) is 11.1 Å². The van der Waals surface area contributed by atoms with E-state index in [4.69, 9.17) is 19.9 Å². The van der Waals surface area contributed by atoms with Gasteiger partial charge in [-0.1, -0.05) is 24.3 Å². The fraction of sp³-hybridized carbons (Fsp3) is 0.182. The molecule has 2 N–H and O–H groups in total. The highest BCUT2D eigenvalue weighted by molar-refractivity contribution is 5.82. The van der Waals surface area contributed by atoms with E-state index in [1.165, 1.54) is 0 Å². The molecule has 0 saturated carbocycles. The van der Waals surface area contributed by atoms with Crippen molar-refractivity contribution in [1.82, 2.24) is 4.98 Å². The Bertz CT molecular complexity index is 1050. The number of aromatic nitrogens is 1. The maximum Gasteiger partial charge on any atom is 0.203 e. The SMILES string of the molecule is COc1cc(-c2cc(-c3ccccc3C)nc(N)c2C#N)cc(OC)c1OC. The summed E-state index contributed by atoms with van der Waals surface area (Å²) in [7, 11) is 4.64. The van der Waals surface area contributed by atoms with Crippen LogP contribution in [0, 0.1) is 18.3 Å². The third-order valence-electron chi connectivity index (χ3n) is 4.56. The first-order valence-electron chi connectivity index (χ1n) is 8.61. The maximum atomic E-state index is 9.67. The molecule has 142 valence electrons. The van der Waals surface area contributed by atoms with Gasteiger partial charge in [-0.3, -0.25) is 0 Å².